The molecule has 1 amide bonds. The second-order valence-corrected chi connectivity index (χ2v) is 8.99. The molecule has 2 aromatic carbocycles. The largest absolute Gasteiger partial charge is 0.496 e. The molecule has 2 aromatic rings. The number of sulfonamides is 1. The average Bonchev–Trinajstić information content (AvgIpc) is 2.75. The number of piperazine rings is 1. The summed E-state index contributed by atoms with van der Waals surface area (Å²) in [6, 6.07) is 16.2. The van der Waals surface area contributed by atoms with Gasteiger partial charge in [0.25, 0.3) is 5.91 Å². The molecule has 1 aliphatic rings. The van der Waals surface area contributed by atoms with E-state index in [0.29, 0.717) is 50.6 Å². The molecule has 0 bridgehead atoms. The van der Waals surface area contributed by atoms with Gasteiger partial charge in [-0.25, -0.2) is 8.42 Å². The first-order valence-corrected chi connectivity index (χ1v) is 11.2. The quantitative estimate of drug-likeness (QED) is 0.630. The topological polar surface area (TPSA) is 80.2 Å². The highest BCUT2D eigenvalue weighted by atomic mass is 32.2. The van der Waals surface area contributed by atoms with Gasteiger partial charge in [-0.3, -0.25) is 4.79 Å². The molecule has 1 fully saturated rings. The molecule has 0 aliphatic carbocycles. The van der Waals surface area contributed by atoms with E-state index in [1.165, 1.54) is 4.31 Å². The average molecular weight is 419 g/mol. The van der Waals surface area contributed by atoms with E-state index in [4.69, 9.17) is 4.74 Å². The van der Waals surface area contributed by atoms with E-state index in [2.05, 4.69) is 5.32 Å². The van der Waals surface area contributed by atoms with Crippen LogP contribution >= 0.6 is 0 Å². The summed E-state index contributed by atoms with van der Waals surface area (Å²) in [6.45, 7) is 2.96. The molecule has 8 heteroatoms. The van der Waals surface area contributed by atoms with Crippen molar-refractivity contribution in [2.75, 3.05) is 46.4 Å². The van der Waals surface area contributed by atoms with Crippen LogP contribution < -0.4 is 15.0 Å². The molecule has 29 heavy (non-hydrogen) atoms. The number of quaternary nitrogens is 1. The van der Waals surface area contributed by atoms with Crippen molar-refractivity contribution in [3.05, 3.63) is 60.2 Å². The molecular weight excluding hydrogens is 390 g/mol. The number of nitrogens with one attached hydrogen (secondary N) is 2. The Balaban J connectivity index is 1.43. The van der Waals surface area contributed by atoms with Crippen LogP contribution in [-0.4, -0.2) is 65.0 Å². The molecule has 3 rings (SSSR count). The first-order valence-electron chi connectivity index (χ1n) is 9.78. The molecule has 0 radical (unpaired) electrons. The van der Waals surface area contributed by atoms with Gasteiger partial charge in [-0.05, 0) is 30.2 Å². The van der Waals surface area contributed by atoms with E-state index < -0.39 is 10.0 Å². The fraction of sp³-hybridized carbons (Fsp3) is 0.381. The molecule has 1 saturated heterocycles. The molecule has 1 aliphatic heterocycles. The fourth-order valence-electron chi connectivity index (χ4n) is 3.50. The smallest absolute Gasteiger partial charge is 0.275 e. The zero-order valence-electron chi connectivity index (χ0n) is 16.6. The summed E-state index contributed by atoms with van der Waals surface area (Å²) in [4.78, 5) is 13.7. The predicted molar refractivity (Wildman–Crippen MR) is 110 cm³/mol. The number of rotatable bonds is 8. The number of nitrogens with zero attached hydrogens (tertiary/aromatic N) is 1. The van der Waals surface area contributed by atoms with Gasteiger partial charge in [-0.2, -0.15) is 4.31 Å². The van der Waals surface area contributed by atoms with Crippen LogP contribution in [0.3, 0.4) is 0 Å². The minimum Gasteiger partial charge on any atom is -0.496 e. The Morgan fingerprint density at radius 1 is 1.07 bits per heavy atom. The molecule has 156 valence electrons. The predicted octanol–water partition coefficient (Wildman–Crippen LogP) is -0.0567. The summed E-state index contributed by atoms with van der Waals surface area (Å²) in [6.07, 6.45) is 0.703. The zero-order valence-corrected chi connectivity index (χ0v) is 17.5. The highest BCUT2D eigenvalue weighted by Crippen LogP contribution is 2.17. The van der Waals surface area contributed by atoms with E-state index in [-0.39, 0.29) is 5.91 Å². The number of hydrogen-bond donors (Lipinski definition) is 2. The van der Waals surface area contributed by atoms with Crippen molar-refractivity contribution in [3.8, 4) is 5.75 Å². The first kappa shape index (κ1) is 21.3. The Hall–Kier alpha value is -2.42. The van der Waals surface area contributed by atoms with Gasteiger partial charge in [0, 0.05) is 6.54 Å². The van der Waals surface area contributed by atoms with Gasteiger partial charge in [0.2, 0.25) is 10.0 Å². The van der Waals surface area contributed by atoms with Gasteiger partial charge in [0.15, 0.2) is 6.54 Å². The summed E-state index contributed by atoms with van der Waals surface area (Å²) < 4.78 is 32.2. The van der Waals surface area contributed by atoms with Crippen LogP contribution in [0, 0.1) is 0 Å². The zero-order chi connectivity index (χ0) is 20.7. The number of hydrogen-bond acceptors (Lipinski definition) is 4. The minimum absolute atomic E-state index is 0.0192. The number of methoxy groups -OCH3 is 1. The van der Waals surface area contributed by atoms with Gasteiger partial charge < -0.3 is 15.0 Å². The van der Waals surface area contributed by atoms with Gasteiger partial charge >= 0.3 is 0 Å². The maximum Gasteiger partial charge on any atom is 0.275 e. The van der Waals surface area contributed by atoms with Crippen LogP contribution in [-0.2, 0) is 21.2 Å². The summed E-state index contributed by atoms with van der Waals surface area (Å²) >= 11 is 0. The lowest BCUT2D eigenvalue weighted by molar-refractivity contribution is -0.895. The third kappa shape index (κ3) is 5.56. The Bertz CT molecular complexity index is 911. The number of amides is 1. The highest BCUT2D eigenvalue weighted by molar-refractivity contribution is 7.89. The maximum atomic E-state index is 12.7. The highest BCUT2D eigenvalue weighted by Gasteiger charge is 2.30. The van der Waals surface area contributed by atoms with Crippen molar-refractivity contribution < 1.29 is 22.8 Å². The number of benzene rings is 2. The van der Waals surface area contributed by atoms with Crippen molar-refractivity contribution >= 4 is 15.9 Å². The molecule has 1 heterocycles. The minimum atomic E-state index is -3.46. The Morgan fingerprint density at radius 2 is 1.72 bits per heavy atom. The third-order valence-corrected chi connectivity index (χ3v) is 7.04. The molecule has 0 atom stereocenters. The van der Waals surface area contributed by atoms with Crippen LogP contribution in [0.2, 0.25) is 0 Å². The monoisotopic (exact) mass is 418 g/mol. The normalized spacial score (nSPS) is 15.8. The Labute approximate surface area is 172 Å². The fourth-order valence-corrected chi connectivity index (χ4v) is 4.96. The molecule has 0 saturated carbocycles. The van der Waals surface area contributed by atoms with Crippen molar-refractivity contribution in [3.63, 3.8) is 0 Å². The van der Waals surface area contributed by atoms with Crippen molar-refractivity contribution in [1.29, 1.82) is 0 Å². The second-order valence-electron chi connectivity index (χ2n) is 7.06. The Kier molecular flexibility index (Phi) is 7.24. The molecular formula is C21H28N3O4S+. The number of para-hydroxylation sites is 1. The van der Waals surface area contributed by atoms with Crippen LogP contribution in [0.4, 0.5) is 0 Å². The van der Waals surface area contributed by atoms with E-state index in [1.54, 1.807) is 37.4 Å². The van der Waals surface area contributed by atoms with Gasteiger partial charge in [-0.15, -0.1) is 0 Å². The van der Waals surface area contributed by atoms with E-state index in [0.717, 1.165) is 16.2 Å². The van der Waals surface area contributed by atoms with Gasteiger partial charge in [0.1, 0.15) is 5.75 Å². The van der Waals surface area contributed by atoms with E-state index in [9.17, 15) is 13.2 Å². The molecule has 0 spiro atoms. The lowest BCUT2D eigenvalue weighted by Gasteiger charge is -2.31. The van der Waals surface area contributed by atoms with Crippen molar-refractivity contribution in [2.24, 2.45) is 0 Å². The molecule has 0 unspecified atom stereocenters. The van der Waals surface area contributed by atoms with Gasteiger partial charge in [-0.1, -0.05) is 36.4 Å². The third-order valence-electron chi connectivity index (χ3n) is 5.13. The lowest BCUT2D eigenvalue weighted by Crippen LogP contribution is -3.15. The van der Waals surface area contributed by atoms with Crippen LogP contribution in [0.25, 0.3) is 0 Å². The Morgan fingerprint density at radius 3 is 2.41 bits per heavy atom. The summed E-state index contributed by atoms with van der Waals surface area (Å²) in [7, 11) is -1.82. The molecule has 2 N–H and O–H groups in total. The number of ether oxygens (including phenoxy) is 1. The maximum absolute atomic E-state index is 12.7. The van der Waals surface area contributed by atoms with Crippen LogP contribution in [0.15, 0.2) is 59.5 Å². The number of carbonyl (C=O) groups excluding carboxylic acids is 1. The first-order chi connectivity index (χ1) is 14.0. The molecule has 0 aromatic heterocycles. The summed E-state index contributed by atoms with van der Waals surface area (Å²) in [5.74, 6) is 0.803. The molecule has 7 nitrogen and oxygen atoms in total. The lowest BCUT2D eigenvalue weighted by atomic mass is 10.1. The number of carbonyl (C=O) groups is 1. The second kappa shape index (κ2) is 9.87. The summed E-state index contributed by atoms with van der Waals surface area (Å²) in [5.41, 5.74) is 1.06. The standard InChI is InChI=1S/C21H27N3O4S/c1-28-20-10-6-5-7-18(20)11-12-22-21(25)17-23-13-15-24(16-14-23)29(26,27)19-8-3-2-4-9-19/h2-10H,11-17H2,1H3,(H,22,25)/p+1. The van der Waals surface area contributed by atoms with E-state index in [1.807, 2.05) is 24.3 Å². The van der Waals surface area contributed by atoms with Crippen LogP contribution in [0.5, 0.6) is 5.75 Å². The van der Waals surface area contributed by atoms with Crippen molar-refractivity contribution in [2.45, 2.75) is 11.3 Å². The summed E-state index contributed by atoms with van der Waals surface area (Å²) in [5, 5.41) is 2.95. The van der Waals surface area contributed by atoms with Gasteiger partial charge in [0.05, 0.1) is 38.2 Å². The van der Waals surface area contributed by atoms with Crippen molar-refractivity contribution in [1.82, 2.24) is 9.62 Å². The SMILES string of the molecule is COc1ccccc1CCNC(=O)C[NH+]1CCN(S(=O)(=O)c2ccccc2)CC1. The van der Waals surface area contributed by atoms with E-state index >= 15 is 0 Å². The van der Waals surface area contributed by atoms with Crippen LogP contribution in [0.1, 0.15) is 5.56 Å².